The number of benzene rings is 1. The van der Waals surface area contributed by atoms with Gasteiger partial charge in [0.2, 0.25) is 5.43 Å². The Morgan fingerprint density at radius 3 is 2.65 bits per heavy atom. The molecule has 31 heavy (non-hydrogen) atoms. The molecule has 0 atom stereocenters. The molecule has 0 saturated carbocycles. The van der Waals surface area contributed by atoms with E-state index >= 15 is 0 Å². The zero-order valence-electron chi connectivity index (χ0n) is 16.6. The second kappa shape index (κ2) is 9.21. The lowest BCUT2D eigenvalue weighted by Gasteiger charge is -2.38. The van der Waals surface area contributed by atoms with E-state index in [2.05, 4.69) is 0 Å². The van der Waals surface area contributed by atoms with Crippen LogP contribution in [0.3, 0.4) is 0 Å². The summed E-state index contributed by atoms with van der Waals surface area (Å²) < 4.78 is 46.2. The van der Waals surface area contributed by atoms with Crippen LogP contribution < -0.4 is 10.4 Å². The van der Waals surface area contributed by atoms with E-state index in [0.717, 1.165) is 21.9 Å². The van der Waals surface area contributed by atoms with E-state index in [1.807, 2.05) is 0 Å². The highest BCUT2D eigenvalue weighted by Gasteiger charge is 2.34. The largest absolute Gasteiger partial charge is 0.502 e. The van der Waals surface area contributed by atoms with Crippen molar-refractivity contribution < 1.29 is 32.6 Å². The molecule has 8 nitrogen and oxygen atoms in total. The molecule has 1 amide bonds. The molecule has 0 fully saturated rings. The van der Waals surface area contributed by atoms with Crippen LogP contribution in [0.25, 0.3) is 0 Å². The van der Waals surface area contributed by atoms with Crippen LogP contribution >= 0.6 is 0 Å². The summed E-state index contributed by atoms with van der Waals surface area (Å²) in [6.07, 6.45) is 0.551. The van der Waals surface area contributed by atoms with Crippen LogP contribution in [0.4, 0.5) is 13.2 Å². The summed E-state index contributed by atoms with van der Waals surface area (Å²) in [4.78, 5) is 39.0. The maximum Gasteiger partial charge on any atom is 0.277 e. The Labute approximate surface area is 175 Å². The van der Waals surface area contributed by atoms with Crippen LogP contribution in [0, 0.1) is 11.6 Å². The van der Waals surface area contributed by atoms with Gasteiger partial charge >= 0.3 is 0 Å². The second-order valence-corrected chi connectivity index (χ2v) is 6.90. The van der Waals surface area contributed by atoms with Gasteiger partial charge in [-0.15, -0.1) is 0 Å². The minimum Gasteiger partial charge on any atom is -0.502 e. The van der Waals surface area contributed by atoms with Crippen molar-refractivity contribution in [1.82, 2.24) is 9.58 Å². The Bertz CT molecular complexity index is 1070. The molecule has 0 aliphatic carbocycles. The van der Waals surface area contributed by atoms with Gasteiger partial charge in [-0.2, -0.15) is 0 Å². The smallest absolute Gasteiger partial charge is 0.277 e. The van der Waals surface area contributed by atoms with Crippen molar-refractivity contribution in [2.45, 2.75) is 12.8 Å². The molecule has 1 aromatic heterocycles. The Morgan fingerprint density at radius 2 is 2.00 bits per heavy atom. The normalized spacial score (nSPS) is 13.5. The number of hydrogen-bond acceptors (Lipinski definition) is 6. The molecule has 11 heteroatoms. The van der Waals surface area contributed by atoms with E-state index in [9.17, 15) is 32.7 Å². The number of ether oxygens (including phenoxy) is 1. The summed E-state index contributed by atoms with van der Waals surface area (Å²) in [5.41, 5.74) is -1.95. The highest BCUT2D eigenvalue weighted by Crippen LogP contribution is 2.22. The summed E-state index contributed by atoms with van der Waals surface area (Å²) in [5, 5.41) is 11.4. The molecule has 0 bridgehead atoms. The standard InChI is InChI=1S/C20H20F3N3O5/c1-31-7-6-24-11-25(10-21)26-9-14(18(28)19(29)17(26)20(24)30)16(27)5-3-12-2-4-13(22)8-15(12)23/h2,4,8-9,29H,3,5-7,10-11H2,1H3. The average molecular weight is 439 g/mol. The van der Waals surface area contributed by atoms with Gasteiger partial charge in [0.05, 0.1) is 12.2 Å². The van der Waals surface area contributed by atoms with E-state index < -0.39 is 52.6 Å². The number of amides is 1. The molecule has 1 aliphatic heterocycles. The van der Waals surface area contributed by atoms with Gasteiger partial charge < -0.3 is 14.7 Å². The number of fused-ring (bicyclic) bond motifs is 1. The van der Waals surface area contributed by atoms with Gasteiger partial charge in [0, 0.05) is 32.3 Å². The average Bonchev–Trinajstić information content (AvgIpc) is 2.74. The van der Waals surface area contributed by atoms with Crippen molar-refractivity contribution in [1.29, 1.82) is 0 Å². The molecule has 3 rings (SSSR count). The number of nitrogens with zero attached hydrogens (tertiary/aromatic N) is 3. The molecule has 0 saturated heterocycles. The van der Waals surface area contributed by atoms with Crippen molar-refractivity contribution >= 4 is 11.7 Å². The number of carbonyl (C=O) groups is 2. The fraction of sp³-hybridized carbons (Fsp3) is 0.350. The van der Waals surface area contributed by atoms with Gasteiger partial charge in [-0.3, -0.25) is 24.1 Å². The maximum absolute atomic E-state index is 13.8. The number of Topliss-reactive ketones (excluding diaryl/α,β-unsaturated/α-hetero) is 1. The Kier molecular flexibility index (Phi) is 6.64. The molecular formula is C20H20F3N3O5. The van der Waals surface area contributed by atoms with Crippen LogP contribution in [0.5, 0.6) is 5.75 Å². The predicted octanol–water partition coefficient (Wildman–Crippen LogP) is 1.57. The molecule has 0 radical (unpaired) electrons. The Balaban J connectivity index is 1.91. The first-order chi connectivity index (χ1) is 14.8. The number of aromatic hydroxyl groups is 1. The summed E-state index contributed by atoms with van der Waals surface area (Å²) in [6, 6.07) is 2.91. The highest BCUT2D eigenvalue weighted by atomic mass is 19.1. The van der Waals surface area contributed by atoms with Crippen molar-refractivity contribution in [3.05, 3.63) is 63.1 Å². The molecule has 166 valence electrons. The Hall–Kier alpha value is -3.34. The van der Waals surface area contributed by atoms with E-state index in [1.54, 1.807) is 0 Å². The van der Waals surface area contributed by atoms with Crippen LogP contribution in [0.1, 0.15) is 32.8 Å². The number of halogens is 3. The number of pyridine rings is 1. The molecule has 1 N–H and O–H groups in total. The fourth-order valence-electron chi connectivity index (χ4n) is 3.27. The molecule has 2 aromatic rings. The van der Waals surface area contributed by atoms with Crippen molar-refractivity contribution in [3.63, 3.8) is 0 Å². The Morgan fingerprint density at radius 1 is 1.26 bits per heavy atom. The molecule has 2 heterocycles. The van der Waals surface area contributed by atoms with Crippen LogP contribution in [0.15, 0.2) is 29.2 Å². The topological polar surface area (TPSA) is 92.1 Å². The van der Waals surface area contributed by atoms with Crippen molar-refractivity contribution in [2.24, 2.45) is 0 Å². The highest BCUT2D eigenvalue weighted by molar-refractivity contribution is 6.00. The maximum atomic E-state index is 13.8. The zero-order chi connectivity index (χ0) is 22.7. The van der Waals surface area contributed by atoms with Gasteiger partial charge in [0.15, 0.2) is 24.0 Å². The lowest BCUT2D eigenvalue weighted by atomic mass is 10.0. The monoisotopic (exact) mass is 439 g/mol. The summed E-state index contributed by atoms with van der Waals surface area (Å²) in [6.45, 7) is -1.00. The number of hydrogen-bond donors (Lipinski definition) is 1. The minimum atomic E-state index is -1.09. The third-order valence-corrected chi connectivity index (χ3v) is 4.93. The minimum absolute atomic E-state index is 0.0754. The number of carbonyl (C=O) groups excluding carboxylic acids is 2. The van der Waals surface area contributed by atoms with E-state index in [4.69, 9.17) is 4.74 Å². The molecule has 1 aromatic carbocycles. The quantitative estimate of drug-likeness (QED) is 0.496. The van der Waals surface area contributed by atoms with Gasteiger partial charge in [-0.25, -0.2) is 13.2 Å². The number of aromatic nitrogens is 1. The van der Waals surface area contributed by atoms with Gasteiger partial charge in [-0.05, 0) is 18.1 Å². The summed E-state index contributed by atoms with van der Waals surface area (Å²) in [5.74, 6) is -4.04. The summed E-state index contributed by atoms with van der Waals surface area (Å²) >= 11 is 0. The second-order valence-electron chi connectivity index (χ2n) is 6.90. The lowest BCUT2D eigenvalue weighted by molar-refractivity contribution is 0.0609. The number of alkyl halides is 1. The van der Waals surface area contributed by atoms with Gasteiger partial charge in [-0.1, -0.05) is 6.07 Å². The molecular weight excluding hydrogens is 419 g/mol. The fourth-order valence-corrected chi connectivity index (χ4v) is 3.27. The van der Waals surface area contributed by atoms with Gasteiger partial charge in [0.1, 0.15) is 18.3 Å². The van der Waals surface area contributed by atoms with E-state index in [1.165, 1.54) is 18.1 Å². The first-order valence-corrected chi connectivity index (χ1v) is 9.33. The third kappa shape index (κ3) is 4.41. The third-order valence-electron chi connectivity index (χ3n) is 4.93. The molecule has 0 unspecified atom stereocenters. The number of methoxy groups -OCH3 is 1. The van der Waals surface area contributed by atoms with E-state index in [0.29, 0.717) is 6.07 Å². The first kappa shape index (κ1) is 22.3. The zero-order valence-corrected chi connectivity index (χ0v) is 16.6. The number of ketones is 1. The van der Waals surface area contributed by atoms with Crippen LogP contribution in [-0.2, 0) is 11.2 Å². The predicted molar refractivity (Wildman–Crippen MR) is 103 cm³/mol. The first-order valence-electron chi connectivity index (χ1n) is 9.33. The summed E-state index contributed by atoms with van der Waals surface area (Å²) in [7, 11) is 1.42. The molecule has 1 aliphatic rings. The SMILES string of the molecule is COCCN1CN(CF)n2cc(C(=O)CCc3ccc(F)cc3F)c(=O)c(O)c2C1=O. The van der Waals surface area contributed by atoms with Crippen molar-refractivity contribution in [2.75, 3.05) is 38.7 Å². The van der Waals surface area contributed by atoms with Gasteiger partial charge in [0.25, 0.3) is 5.91 Å². The van der Waals surface area contributed by atoms with Crippen LogP contribution in [-0.4, -0.2) is 60.1 Å². The van der Waals surface area contributed by atoms with Crippen LogP contribution in [0.2, 0.25) is 0 Å². The lowest BCUT2D eigenvalue weighted by Crippen LogP contribution is -2.54. The number of aryl methyl sites for hydroxylation is 1. The van der Waals surface area contributed by atoms with E-state index in [-0.39, 0.29) is 38.2 Å². The molecule has 0 spiro atoms. The van der Waals surface area contributed by atoms with Crippen molar-refractivity contribution in [3.8, 4) is 5.75 Å². The number of rotatable bonds is 8.